The predicted octanol–water partition coefficient (Wildman–Crippen LogP) is 4.71. The molecule has 1 heterocycles. The monoisotopic (exact) mass is 443 g/mol. The molecule has 0 fully saturated rings. The average molecular weight is 444 g/mol. The van der Waals surface area contributed by atoms with Gasteiger partial charge in [-0.2, -0.15) is 5.10 Å². The first-order valence-corrected chi connectivity index (χ1v) is 10.2. The normalized spacial score (nSPS) is 10.9. The van der Waals surface area contributed by atoms with Gasteiger partial charge in [-0.1, -0.05) is 41.9 Å². The highest BCUT2D eigenvalue weighted by atomic mass is 35.5. The first-order valence-electron chi connectivity index (χ1n) is 8.98. The van der Waals surface area contributed by atoms with Crippen molar-refractivity contribution in [3.05, 3.63) is 69.7 Å². The summed E-state index contributed by atoms with van der Waals surface area (Å²) in [6.45, 7) is 2.11. The maximum absolute atomic E-state index is 11.5. The van der Waals surface area contributed by atoms with Crippen LogP contribution >= 0.6 is 22.9 Å². The number of thiazole rings is 1. The molecule has 2 N–H and O–H groups in total. The zero-order valence-electron chi connectivity index (χ0n) is 16.0. The van der Waals surface area contributed by atoms with E-state index < -0.39 is 5.97 Å². The highest BCUT2D eigenvalue weighted by molar-refractivity contribution is 7.13. The van der Waals surface area contributed by atoms with E-state index in [0.29, 0.717) is 17.4 Å². The third-order valence-corrected chi connectivity index (χ3v) is 5.11. The molecule has 0 saturated heterocycles. The topological polar surface area (TPSA) is 101 Å². The summed E-state index contributed by atoms with van der Waals surface area (Å²) in [6, 6.07) is 12.4. The first kappa shape index (κ1) is 21.5. The molecule has 0 aliphatic heterocycles. The second-order valence-electron chi connectivity index (χ2n) is 6.12. The first-order chi connectivity index (χ1) is 14.5. The zero-order valence-corrected chi connectivity index (χ0v) is 17.5. The van der Waals surface area contributed by atoms with Gasteiger partial charge in [-0.25, -0.2) is 9.78 Å². The van der Waals surface area contributed by atoms with Crippen molar-refractivity contribution in [3.8, 4) is 11.1 Å². The van der Waals surface area contributed by atoms with Gasteiger partial charge in [0, 0.05) is 5.38 Å². The van der Waals surface area contributed by atoms with Gasteiger partial charge in [0.2, 0.25) is 5.13 Å². The Labute approximate surface area is 182 Å². The Bertz CT molecular complexity index is 1080. The van der Waals surface area contributed by atoms with E-state index in [4.69, 9.17) is 21.4 Å². The number of carboxylic acids is 1. The van der Waals surface area contributed by atoms with Gasteiger partial charge in [0.15, 0.2) is 0 Å². The van der Waals surface area contributed by atoms with E-state index in [1.807, 2.05) is 24.3 Å². The number of esters is 1. The molecule has 1 aromatic heterocycles. The van der Waals surface area contributed by atoms with Crippen LogP contribution < -0.4 is 5.43 Å². The van der Waals surface area contributed by atoms with Crippen LogP contribution in [0.3, 0.4) is 0 Å². The summed E-state index contributed by atoms with van der Waals surface area (Å²) >= 11 is 7.39. The standard InChI is InChI=1S/C21H18ClN3O4S/c1-2-29-19(26)10-16-12-30-21(24-16)25-23-11-13-3-5-14(6-4-13)15-7-8-17(20(27)28)18(22)9-15/h3-9,11-12H,2,10H2,1H3,(H,24,25)(H,27,28). The molecule has 0 aliphatic carbocycles. The third-order valence-electron chi connectivity index (χ3n) is 4.00. The van der Waals surface area contributed by atoms with Gasteiger partial charge in [-0.15, -0.1) is 11.3 Å². The van der Waals surface area contributed by atoms with Crippen molar-refractivity contribution < 1.29 is 19.4 Å². The van der Waals surface area contributed by atoms with E-state index in [1.165, 1.54) is 17.4 Å². The van der Waals surface area contributed by atoms with E-state index in [9.17, 15) is 9.59 Å². The van der Waals surface area contributed by atoms with Crippen molar-refractivity contribution in [2.75, 3.05) is 12.0 Å². The summed E-state index contributed by atoms with van der Waals surface area (Å²) in [7, 11) is 0. The van der Waals surface area contributed by atoms with Gasteiger partial charge in [-0.3, -0.25) is 10.2 Å². The number of nitrogens with zero attached hydrogens (tertiary/aromatic N) is 2. The van der Waals surface area contributed by atoms with Crippen LogP contribution in [-0.4, -0.2) is 34.9 Å². The minimum atomic E-state index is -1.06. The number of halogens is 1. The molecule has 30 heavy (non-hydrogen) atoms. The Balaban J connectivity index is 1.60. The summed E-state index contributed by atoms with van der Waals surface area (Å²) in [4.78, 5) is 26.8. The number of benzene rings is 2. The van der Waals surface area contributed by atoms with Crippen LogP contribution in [0.5, 0.6) is 0 Å². The quantitative estimate of drug-likeness (QED) is 0.297. The molecular weight excluding hydrogens is 426 g/mol. The lowest BCUT2D eigenvalue weighted by molar-refractivity contribution is -0.142. The summed E-state index contributed by atoms with van der Waals surface area (Å²) in [5.74, 6) is -1.37. The van der Waals surface area contributed by atoms with Crippen LogP contribution in [0.1, 0.15) is 28.5 Å². The number of hydrogen-bond donors (Lipinski definition) is 2. The van der Waals surface area contributed by atoms with E-state index in [2.05, 4.69) is 15.5 Å². The Morgan fingerprint density at radius 3 is 2.63 bits per heavy atom. The Hall–Kier alpha value is -3.23. The molecule has 2 aromatic carbocycles. The molecular formula is C21H18ClN3O4S. The number of aromatic nitrogens is 1. The fourth-order valence-electron chi connectivity index (χ4n) is 2.59. The molecule has 0 aliphatic rings. The van der Waals surface area contributed by atoms with Gasteiger partial charge in [0.05, 0.1) is 35.5 Å². The fourth-order valence-corrected chi connectivity index (χ4v) is 3.51. The highest BCUT2D eigenvalue weighted by Gasteiger charge is 2.10. The van der Waals surface area contributed by atoms with Crippen molar-refractivity contribution in [2.24, 2.45) is 5.10 Å². The lowest BCUT2D eigenvalue weighted by Crippen LogP contribution is -2.07. The van der Waals surface area contributed by atoms with Crippen LogP contribution in [-0.2, 0) is 16.0 Å². The van der Waals surface area contributed by atoms with Gasteiger partial charge in [0.1, 0.15) is 0 Å². The summed E-state index contributed by atoms with van der Waals surface area (Å²) < 4.78 is 4.90. The maximum atomic E-state index is 11.5. The number of ether oxygens (including phenoxy) is 1. The number of carboxylic acid groups (broad SMARTS) is 1. The Kier molecular flexibility index (Phi) is 7.16. The van der Waals surface area contributed by atoms with Crippen LogP contribution in [0.15, 0.2) is 52.9 Å². The molecule has 0 unspecified atom stereocenters. The number of nitrogens with one attached hydrogen (secondary N) is 1. The number of rotatable bonds is 8. The van der Waals surface area contributed by atoms with Crippen LogP contribution in [0.4, 0.5) is 5.13 Å². The SMILES string of the molecule is CCOC(=O)Cc1csc(NN=Cc2ccc(-c3ccc(C(=O)O)c(Cl)c3)cc2)n1. The largest absolute Gasteiger partial charge is 0.478 e. The summed E-state index contributed by atoms with van der Waals surface area (Å²) in [6.07, 6.45) is 1.78. The van der Waals surface area contributed by atoms with Crippen molar-refractivity contribution in [1.29, 1.82) is 0 Å². The molecule has 0 spiro atoms. The van der Waals surface area contributed by atoms with Crippen molar-refractivity contribution in [1.82, 2.24) is 4.98 Å². The molecule has 7 nitrogen and oxygen atoms in total. The van der Waals surface area contributed by atoms with Gasteiger partial charge >= 0.3 is 11.9 Å². The highest BCUT2D eigenvalue weighted by Crippen LogP contribution is 2.26. The van der Waals surface area contributed by atoms with Gasteiger partial charge < -0.3 is 9.84 Å². The number of carbonyl (C=O) groups excluding carboxylic acids is 1. The smallest absolute Gasteiger partial charge is 0.337 e. The lowest BCUT2D eigenvalue weighted by atomic mass is 10.0. The summed E-state index contributed by atoms with van der Waals surface area (Å²) in [5, 5.41) is 15.8. The van der Waals surface area contributed by atoms with Crippen molar-refractivity contribution >= 4 is 46.2 Å². The minimum Gasteiger partial charge on any atom is -0.478 e. The molecule has 0 atom stereocenters. The summed E-state index contributed by atoms with van der Waals surface area (Å²) in [5.41, 5.74) is 6.14. The molecule has 9 heteroatoms. The van der Waals surface area contributed by atoms with Crippen molar-refractivity contribution in [2.45, 2.75) is 13.3 Å². The lowest BCUT2D eigenvalue weighted by Gasteiger charge is -2.05. The van der Waals surface area contributed by atoms with E-state index >= 15 is 0 Å². The molecule has 3 aromatic rings. The molecule has 0 radical (unpaired) electrons. The van der Waals surface area contributed by atoms with Gasteiger partial charge in [-0.05, 0) is 35.7 Å². The van der Waals surface area contributed by atoms with Gasteiger partial charge in [0.25, 0.3) is 0 Å². The third kappa shape index (κ3) is 5.65. The van der Waals surface area contributed by atoms with E-state index in [-0.39, 0.29) is 23.0 Å². The van der Waals surface area contributed by atoms with E-state index in [1.54, 1.807) is 30.7 Å². The average Bonchev–Trinajstić information content (AvgIpc) is 3.15. The van der Waals surface area contributed by atoms with Crippen LogP contribution in [0, 0.1) is 0 Å². The van der Waals surface area contributed by atoms with E-state index in [0.717, 1.165) is 16.7 Å². The van der Waals surface area contributed by atoms with Crippen LogP contribution in [0.2, 0.25) is 5.02 Å². The molecule has 154 valence electrons. The maximum Gasteiger partial charge on any atom is 0.337 e. The zero-order chi connectivity index (χ0) is 21.5. The molecule has 0 amide bonds. The molecule has 3 rings (SSSR count). The Morgan fingerprint density at radius 1 is 1.23 bits per heavy atom. The Morgan fingerprint density at radius 2 is 1.97 bits per heavy atom. The molecule has 0 saturated carbocycles. The number of hydrogen-bond acceptors (Lipinski definition) is 7. The fraction of sp³-hybridized carbons (Fsp3) is 0.143. The minimum absolute atomic E-state index is 0.0721. The second-order valence-corrected chi connectivity index (χ2v) is 7.38. The number of aromatic carboxylic acids is 1. The number of carbonyl (C=O) groups is 2. The number of anilines is 1. The second kappa shape index (κ2) is 10.00. The number of hydrazone groups is 1. The molecule has 0 bridgehead atoms. The van der Waals surface area contributed by atoms with Crippen LogP contribution in [0.25, 0.3) is 11.1 Å². The van der Waals surface area contributed by atoms with Crippen molar-refractivity contribution in [3.63, 3.8) is 0 Å². The predicted molar refractivity (Wildman–Crippen MR) is 118 cm³/mol.